The van der Waals surface area contributed by atoms with Gasteiger partial charge in [0.2, 0.25) is 0 Å². The van der Waals surface area contributed by atoms with Gasteiger partial charge in [0.25, 0.3) is 0 Å². The summed E-state index contributed by atoms with van der Waals surface area (Å²) in [5, 5.41) is 0.905. The van der Waals surface area contributed by atoms with Crippen LogP contribution in [0.15, 0.2) is 168 Å². The normalized spacial score (nSPS) is 14.8. The van der Waals surface area contributed by atoms with Crippen LogP contribution in [0.4, 0.5) is 0 Å². The Morgan fingerprint density at radius 2 is 0.878 bits per heavy atom. The predicted molar refractivity (Wildman–Crippen MR) is 201 cm³/mol. The first-order valence-electron chi connectivity index (χ1n) is 21.0. The minimum atomic E-state index is -0.616. The van der Waals surface area contributed by atoms with Crippen molar-refractivity contribution in [2.75, 3.05) is 0 Å². The molecule has 228 valence electrons. The van der Waals surface area contributed by atoms with Gasteiger partial charge in [0.15, 0.2) is 17.5 Å². The van der Waals surface area contributed by atoms with Crippen LogP contribution in [0.5, 0.6) is 0 Å². The molecule has 0 radical (unpaired) electrons. The number of aromatic nitrogens is 3. The van der Waals surface area contributed by atoms with Crippen molar-refractivity contribution in [2.45, 2.75) is 0 Å². The fraction of sp³-hybridized carbons (Fsp3) is 0. The average Bonchev–Trinajstić information content (AvgIpc) is 3.65. The molecule has 10 aromatic rings. The van der Waals surface area contributed by atoms with E-state index < -0.39 is 60.4 Å². The fourth-order valence-electron chi connectivity index (χ4n) is 6.30. The number of nitrogens with zero attached hydrogens (tertiary/aromatic N) is 3. The zero-order valence-corrected chi connectivity index (χ0v) is 25.5. The van der Waals surface area contributed by atoms with Crippen molar-refractivity contribution >= 4 is 54.3 Å². The summed E-state index contributed by atoms with van der Waals surface area (Å²) in [6, 6.07) is 24.0. The second-order valence-electron chi connectivity index (χ2n) is 11.6. The highest BCUT2D eigenvalue weighted by Crippen LogP contribution is 2.38. The molecule has 0 atom stereocenters. The van der Waals surface area contributed by atoms with Gasteiger partial charge in [0.1, 0.15) is 11.2 Å². The van der Waals surface area contributed by atoms with Gasteiger partial charge in [-0.3, -0.25) is 0 Å². The summed E-state index contributed by atoms with van der Waals surface area (Å²) in [5.41, 5.74) is 3.84. The summed E-state index contributed by atoms with van der Waals surface area (Å²) in [5.74, 6) is 1.18. The van der Waals surface area contributed by atoms with E-state index in [0.29, 0.717) is 39.7 Å². The third kappa shape index (κ3) is 4.57. The van der Waals surface area contributed by atoms with Crippen LogP contribution in [-0.4, -0.2) is 15.0 Å². The number of para-hydroxylation sites is 1. The monoisotopic (exact) mass is 636 g/mol. The Bertz CT molecular complexity index is 3460. The summed E-state index contributed by atoms with van der Waals surface area (Å²) >= 11 is 0. The summed E-state index contributed by atoms with van der Waals surface area (Å²) in [7, 11) is 0. The maximum absolute atomic E-state index is 9.55. The first kappa shape index (κ1) is 18.6. The summed E-state index contributed by atoms with van der Waals surface area (Å²) in [6.45, 7) is 0. The maximum atomic E-state index is 9.55. The van der Waals surface area contributed by atoms with Gasteiger partial charge in [0, 0.05) is 27.5 Å². The summed E-state index contributed by atoms with van der Waals surface area (Å²) in [6.07, 6.45) is 0. The molecule has 0 amide bonds. The lowest BCUT2D eigenvalue weighted by molar-refractivity contribution is 0.669. The largest absolute Gasteiger partial charge is 0.456 e. The number of rotatable bonds is 4. The Hall–Kier alpha value is -6.65. The summed E-state index contributed by atoms with van der Waals surface area (Å²) in [4.78, 5) is 14.6. The zero-order valence-electron chi connectivity index (χ0n) is 36.5. The van der Waals surface area contributed by atoms with Gasteiger partial charge in [0.05, 0.1) is 15.1 Å². The van der Waals surface area contributed by atoms with Crippen LogP contribution in [0, 0.1) is 0 Å². The van der Waals surface area contributed by atoms with Gasteiger partial charge < -0.3 is 4.42 Å². The van der Waals surface area contributed by atoms with E-state index in [-0.39, 0.29) is 43.9 Å². The number of hydrogen-bond donors (Lipinski definition) is 0. The molecule has 0 saturated carbocycles. The highest BCUT2D eigenvalue weighted by molar-refractivity contribution is 6.25. The highest BCUT2D eigenvalue weighted by atomic mass is 16.3. The molecule has 4 nitrogen and oxygen atoms in total. The van der Waals surface area contributed by atoms with Crippen molar-refractivity contribution in [3.05, 3.63) is 164 Å². The number of fused-ring (bicyclic) bond motifs is 9. The third-order valence-electron chi connectivity index (χ3n) is 8.67. The molecule has 0 aliphatic rings. The predicted octanol–water partition coefficient (Wildman–Crippen LogP) is 11.9. The standard InChI is InChI=1S/C45H27N3O/c1-2-10-29(11-3-1)43-46-44(48-45(47-43)32-23-25-39-38-16-8-9-17-41(38)49-42(39)27-32)30-20-18-28(19-21-30)31-22-24-37-35-14-5-4-12-33(35)34-13-6-7-15-36(34)40(37)26-31/h1-27H/i4D,5D,6D,7D,12D,13D,14D,15D,22D,24D,26D. The lowest BCUT2D eigenvalue weighted by Crippen LogP contribution is -2.00. The van der Waals surface area contributed by atoms with Crippen molar-refractivity contribution in [1.29, 1.82) is 0 Å². The van der Waals surface area contributed by atoms with E-state index in [0.717, 1.165) is 21.9 Å². The molecule has 0 bridgehead atoms. The Morgan fingerprint density at radius 3 is 1.57 bits per heavy atom. The SMILES string of the molecule is [2H]c1c([2H])c([2H])c2c(c1[2H])c1c([2H])c([2H])c([2H])c([2H])c1c1c([2H])c(-c3ccc(-c4nc(-c5ccccc5)nc(-c5ccc6c(c5)oc5ccccc56)n4)cc3)c([2H])c([2H])c21. The minimum Gasteiger partial charge on any atom is -0.456 e. The van der Waals surface area contributed by atoms with Gasteiger partial charge in [-0.05, 0) is 67.7 Å². The fourth-order valence-corrected chi connectivity index (χ4v) is 6.30. The van der Waals surface area contributed by atoms with E-state index in [1.54, 1.807) is 24.3 Å². The van der Waals surface area contributed by atoms with E-state index in [4.69, 9.17) is 30.3 Å². The van der Waals surface area contributed by atoms with Gasteiger partial charge >= 0.3 is 0 Å². The molecule has 0 fully saturated rings. The Balaban J connectivity index is 1.18. The minimum absolute atomic E-state index is 0.00612. The second kappa shape index (κ2) is 11.0. The maximum Gasteiger partial charge on any atom is 0.164 e. The molecule has 0 aliphatic carbocycles. The van der Waals surface area contributed by atoms with Crippen LogP contribution in [0.1, 0.15) is 15.1 Å². The van der Waals surface area contributed by atoms with E-state index in [1.165, 1.54) is 0 Å². The van der Waals surface area contributed by atoms with E-state index in [9.17, 15) is 4.11 Å². The number of benzene rings is 8. The quantitative estimate of drug-likeness (QED) is 0.180. The van der Waals surface area contributed by atoms with Crippen molar-refractivity contribution in [2.24, 2.45) is 0 Å². The number of hydrogen-bond acceptors (Lipinski definition) is 4. The molecule has 10 rings (SSSR count). The number of furan rings is 1. The Morgan fingerprint density at radius 1 is 0.367 bits per heavy atom. The molecule has 2 heterocycles. The summed E-state index contributed by atoms with van der Waals surface area (Å²) < 4.78 is 103. The second-order valence-corrected chi connectivity index (χ2v) is 11.6. The van der Waals surface area contributed by atoms with Crippen LogP contribution in [-0.2, 0) is 0 Å². The highest BCUT2D eigenvalue weighted by Gasteiger charge is 2.15. The van der Waals surface area contributed by atoms with Crippen LogP contribution < -0.4 is 0 Å². The van der Waals surface area contributed by atoms with Gasteiger partial charge in [-0.25, -0.2) is 15.0 Å². The lowest BCUT2D eigenvalue weighted by atomic mass is 9.92. The van der Waals surface area contributed by atoms with Gasteiger partial charge in [-0.2, -0.15) is 0 Å². The molecular weight excluding hydrogens is 599 g/mol. The molecule has 0 unspecified atom stereocenters. The van der Waals surface area contributed by atoms with E-state index >= 15 is 0 Å². The molecule has 0 aliphatic heterocycles. The van der Waals surface area contributed by atoms with Crippen LogP contribution in [0.2, 0.25) is 0 Å². The molecular formula is C45H27N3O. The lowest BCUT2D eigenvalue weighted by Gasteiger charge is -2.12. The van der Waals surface area contributed by atoms with Crippen molar-refractivity contribution < 1.29 is 19.5 Å². The van der Waals surface area contributed by atoms with E-state index in [2.05, 4.69) is 0 Å². The van der Waals surface area contributed by atoms with Crippen LogP contribution in [0.3, 0.4) is 0 Å². The van der Waals surface area contributed by atoms with Crippen molar-refractivity contribution in [3.63, 3.8) is 0 Å². The Kier molecular flexibility index (Phi) is 4.17. The van der Waals surface area contributed by atoms with Crippen LogP contribution in [0.25, 0.3) is 99.5 Å². The molecule has 0 spiro atoms. The first-order chi connectivity index (χ1) is 28.8. The topological polar surface area (TPSA) is 51.8 Å². The first-order valence-corrected chi connectivity index (χ1v) is 15.5. The molecule has 2 aromatic heterocycles. The molecule has 8 aromatic carbocycles. The van der Waals surface area contributed by atoms with Gasteiger partial charge in [-0.1, -0.05) is 139 Å². The van der Waals surface area contributed by atoms with Gasteiger partial charge in [-0.15, -0.1) is 0 Å². The molecule has 49 heavy (non-hydrogen) atoms. The van der Waals surface area contributed by atoms with Crippen molar-refractivity contribution in [3.8, 4) is 45.3 Å². The smallest absolute Gasteiger partial charge is 0.164 e. The van der Waals surface area contributed by atoms with E-state index in [1.807, 2.05) is 72.8 Å². The zero-order chi connectivity index (χ0) is 41.9. The van der Waals surface area contributed by atoms with Crippen LogP contribution >= 0.6 is 0 Å². The third-order valence-corrected chi connectivity index (χ3v) is 8.67. The molecule has 0 saturated heterocycles. The van der Waals surface area contributed by atoms with Crippen molar-refractivity contribution in [1.82, 2.24) is 15.0 Å². The average molecular weight is 637 g/mol. The Labute approximate surface area is 297 Å². The molecule has 4 heteroatoms. The molecule has 0 N–H and O–H groups in total.